The lowest BCUT2D eigenvalue weighted by molar-refractivity contribution is -0.192. The molecule has 3 aromatic rings. The standard InChI is InChI=1S/C28H34N2O4S.C2HF3O2/c1-4-5-17-30(20-23-9-7-6-8-10-23)27-16-13-24(28(31)32)19-26(27)29-35(33,34)25-14-11-22(12-15-25)18-21(2)3;3-2(4,5)1(6)7/h6-16,19,21,29H,4-5,17-18,20H2,1-3H3,(H,31,32);(H,6,7). The molecule has 3 N–H and O–H groups in total. The first-order valence-electron chi connectivity index (χ1n) is 13.2. The number of hydrogen-bond acceptors (Lipinski definition) is 5. The minimum Gasteiger partial charge on any atom is -0.478 e. The molecule has 0 radical (unpaired) electrons. The third-order valence-corrected chi connectivity index (χ3v) is 7.33. The van der Waals surface area contributed by atoms with Crippen LogP contribution in [0.2, 0.25) is 0 Å². The number of carboxylic acid groups (broad SMARTS) is 2. The van der Waals surface area contributed by atoms with E-state index < -0.39 is 28.1 Å². The van der Waals surface area contributed by atoms with Crippen molar-refractivity contribution in [1.29, 1.82) is 0 Å². The summed E-state index contributed by atoms with van der Waals surface area (Å²) in [5.74, 6) is -3.40. The Bertz CT molecular complexity index is 1430. The van der Waals surface area contributed by atoms with Gasteiger partial charge in [0.05, 0.1) is 21.8 Å². The molecule has 0 fully saturated rings. The molecule has 0 spiro atoms. The van der Waals surface area contributed by atoms with Gasteiger partial charge in [0.1, 0.15) is 0 Å². The summed E-state index contributed by atoms with van der Waals surface area (Å²) in [5, 5.41) is 16.7. The predicted molar refractivity (Wildman–Crippen MR) is 155 cm³/mol. The van der Waals surface area contributed by atoms with Crippen molar-refractivity contribution in [3.8, 4) is 0 Å². The number of rotatable bonds is 12. The molecule has 0 atom stereocenters. The molecule has 0 unspecified atom stereocenters. The molecule has 0 amide bonds. The number of nitrogens with one attached hydrogen (secondary N) is 1. The van der Waals surface area contributed by atoms with Crippen LogP contribution in [0.15, 0.2) is 77.7 Å². The molecule has 0 aliphatic rings. The summed E-state index contributed by atoms with van der Waals surface area (Å²) in [5.41, 5.74) is 3.07. The Kier molecular flexibility index (Phi) is 12.4. The van der Waals surface area contributed by atoms with E-state index in [1.165, 1.54) is 12.1 Å². The van der Waals surface area contributed by atoms with E-state index in [-0.39, 0.29) is 16.1 Å². The van der Waals surface area contributed by atoms with Crippen LogP contribution in [0.25, 0.3) is 0 Å². The van der Waals surface area contributed by atoms with Crippen LogP contribution in [0, 0.1) is 5.92 Å². The Balaban J connectivity index is 0.000000782. The fourth-order valence-corrected chi connectivity index (χ4v) is 5.01. The van der Waals surface area contributed by atoms with Crippen molar-refractivity contribution in [2.45, 2.75) is 57.7 Å². The van der Waals surface area contributed by atoms with Gasteiger partial charge in [0.15, 0.2) is 0 Å². The zero-order valence-corrected chi connectivity index (χ0v) is 24.4. The van der Waals surface area contributed by atoms with E-state index in [0.717, 1.165) is 30.4 Å². The summed E-state index contributed by atoms with van der Waals surface area (Å²) >= 11 is 0. The van der Waals surface area contributed by atoms with Crippen molar-refractivity contribution in [2.24, 2.45) is 5.92 Å². The molecule has 8 nitrogen and oxygen atoms in total. The highest BCUT2D eigenvalue weighted by Crippen LogP contribution is 2.31. The van der Waals surface area contributed by atoms with Crippen LogP contribution in [-0.2, 0) is 27.8 Å². The summed E-state index contributed by atoms with van der Waals surface area (Å²) in [6, 6.07) is 21.4. The largest absolute Gasteiger partial charge is 0.490 e. The maximum atomic E-state index is 13.3. The highest BCUT2D eigenvalue weighted by molar-refractivity contribution is 7.92. The summed E-state index contributed by atoms with van der Waals surface area (Å²) < 4.78 is 61.0. The normalized spacial score (nSPS) is 11.4. The van der Waals surface area contributed by atoms with E-state index >= 15 is 0 Å². The van der Waals surface area contributed by atoms with Gasteiger partial charge in [-0.25, -0.2) is 18.0 Å². The molecule has 0 aliphatic carbocycles. The third-order valence-electron chi connectivity index (χ3n) is 5.95. The maximum Gasteiger partial charge on any atom is 0.490 e. The van der Waals surface area contributed by atoms with Crippen molar-refractivity contribution in [2.75, 3.05) is 16.2 Å². The van der Waals surface area contributed by atoms with Crippen LogP contribution in [0.5, 0.6) is 0 Å². The van der Waals surface area contributed by atoms with Gasteiger partial charge >= 0.3 is 18.1 Å². The number of carboxylic acids is 2. The van der Waals surface area contributed by atoms with Crippen LogP contribution in [0.3, 0.4) is 0 Å². The first kappa shape index (κ1) is 34.1. The van der Waals surface area contributed by atoms with Gasteiger partial charge in [-0.1, -0.05) is 69.7 Å². The number of nitrogens with zero attached hydrogens (tertiary/aromatic N) is 1. The van der Waals surface area contributed by atoms with Crippen molar-refractivity contribution in [3.05, 3.63) is 89.5 Å². The molecule has 0 saturated carbocycles. The zero-order valence-electron chi connectivity index (χ0n) is 23.6. The number of unbranched alkanes of at least 4 members (excludes halogenated alkanes) is 1. The molecule has 0 aliphatic heterocycles. The lowest BCUT2D eigenvalue weighted by Crippen LogP contribution is -2.26. The van der Waals surface area contributed by atoms with Gasteiger partial charge in [-0.05, 0) is 60.2 Å². The van der Waals surface area contributed by atoms with Crippen molar-refractivity contribution < 1.29 is 41.4 Å². The molecule has 0 heterocycles. The molecule has 12 heteroatoms. The molecule has 228 valence electrons. The SMILES string of the molecule is CCCCN(Cc1ccccc1)c1ccc(C(=O)O)cc1NS(=O)(=O)c1ccc(CC(C)C)cc1.O=C(O)C(F)(F)F. The molecule has 42 heavy (non-hydrogen) atoms. The predicted octanol–water partition coefficient (Wildman–Crippen LogP) is 6.82. The quantitative estimate of drug-likeness (QED) is 0.206. The maximum absolute atomic E-state index is 13.3. The second-order valence-electron chi connectivity index (χ2n) is 9.95. The number of anilines is 2. The molecular formula is C30H35F3N2O6S. The first-order chi connectivity index (χ1) is 19.6. The number of alkyl halides is 3. The monoisotopic (exact) mass is 608 g/mol. The molecule has 0 saturated heterocycles. The lowest BCUT2D eigenvalue weighted by Gasteiger charge is -2.28. The second-order valence-corrected chi connectivity index (χ2v) is 11.6. The van der Waals surface area contributed by atoms with Gasteiger partial charge in [-0.2, -0.15) is 13.2 Å². The van der Waals surface area contributed by atoms with Gasteiger partial charge in [-0.15, -0.1) is 0 Å². The number of aliphatic carboxylic acids is 1. The van der Waals surface area contributed by atoms with E-state index in [9.17, 15) is 31.5 Å². The summed E-state index contributed by atoms with van der Waals surface area (Å²) in [6.45, 7) is 7.61. The Labute approximate surface area is 243 Å². The number of hydrogen-bond donors (Lipinski definition) is 3. The van der Waals surface area contributed by atoms with Crippen LogP contribution in [-0.4, -0.2) is 43.3 Å². The van der Waals surface area contributed by atoms with E-state index in [1.54, 1.807) is 18.2 Å². The highest BCUT2D eigenvalue weighted by Gasteiger charge is 2.38. The van der Waals surface area contributed by atoms with Crippen molar-refractivity contribution >= 4 is 33.3 Å². The van der Waals surface area contributed by atoms with Gasteiger partial charge < -0.3 is 15.1 Å². The van der Waals surface area contributed by atoms with Gasteiger partial charge in [0, 0.05) is 13.1 Å². The van der Waals surface area contributed by atoms with Crippen molar-refractivity contribution in [3.63, 3.8) is 0 Å². The Morgan fingerprint density at radius 3 is 2.02 bits per heavy atom. The fraction of sp³-hybridized carbons (Fsp3) is 0.333. The minimum atomic E-state index is -5.08. The molecule has 3 rings (SSSR count). The first-order valence-corrected chi connectivity index (χ1v) is 14.7. The molecule has 3 aromatic carbocycles. The van der Waals surface area contributed by atoms with Gasteiger partial charge in [0.25, 0.3) is 10.0 Å². The van der Waals surface area contributed by atoms with Gasteiger partial charge in [0.2, 0.25) is 0 Å². The van der Waals surface area contributed by atoms with Crippen LogP contribution >= 0.6 is 0 Å². The highest BCUT2D eigenvalue weighted by atomic mass is 32.2. The zero-order chi connectivity index (χ0) is 31.5. The average Bonchev–Trinajstić information content (AvgIpc) is 2.91. The Morgan fingerprint density at radius 2 is 1.52 bits per heavy atom. The molecular weight excluding hydrogens is 573 g/mol. The minimum absolute atomic E-state index is 0.0221. The van der Waals surface area contributed by atoms with Gasteiger partial charge in [-0.3, -0.25) is 4.72 Å². The van der Waals surface area contributed by atoms with E-state index in [0.29, 0.717) is 24.7 Å². The molecule has 0 aromatic heterocycles. The lowest BCUT2D eigenvalue weighted by atomic mass is 10.0. The number of sulfonamides is 1. The van der Waals surface area contributed by atoms with E-state index in [4.69, 9.17) is 9.90 Å². The fourth-order valence-electron chi connectivity index (χ4n) is 3.94. The molecule has 0 bridgehead atoms. The summed E-state index contributed by atoms with van der Waals surface area (Å²) in [6.07, 6.45) is -2.33. The van der Waals surface area contributed by atoms with Crippen molar-refractivity contribution in [1.82, 2.24) is 0 Å². The van der Waals surface area contributed by atoms with E-state index in [2.05, 4.69) is 30.4 Å². The van der Waals surface area contributed by atoms with Crippen LogP contribution in [0.1, 0.15) is 55.1 Å². The van der Waals surface area contributed by atoms with E-state index in [1.807, 2.05) is 42.5 Å². The Morgan fingerprint density at radius 1 is 0.929 bits per heavy atom. The number of aromatic carboxylic acids is 1. The summed E-state index contributed by atoms with van der Waals surface area (Å²) in [4.78, 5) is 22.8. The number of halogens is 3. The smallest absolute Gasteiger partial charge is 0.478 e. The summed E-state index contributed by atoms with van der Waals surface area (Å²) in [7, 11) is -3.92. The Hall–Kier alpha value is -4.06. The number of carbonyl (C=O) groups is 2. The van der Waals surface area contributed by atoms with Crippen LogP contribution in [0.4, 0.5) is 24.5 Å². The number of benzene rings is 3. The second kappa shape index (κ2) is 15.2. The van der Waals surface area contributed by atoms with Crippen LogP contribution < -0.4 is 9.62 Å². The third kappa shape index (κ3) is 10.7. The topological polar surface area (TPSA) is 124 Å². The average molecular weight is 609 g/mol.